The number of hydrogen-bond acceptors (Lipinski definition) is 10. The first-order chi connectivity index (χ1) is 15.9. The van der Waals surface area contributed by atoms with Crippen molar-refractivity contribution in [2.45, 2.75) is 55.3 Å². The van der Waals surface area contributed by atoms with Gasteiger partial charge in [-0.3, -0.25) is 20.4 Å². The second-order valence-corrected chi connectivity index (χ2v) is 9.72. The molecule has 182 valence electrons. The number of nitrogens with one attached hydrogen (secondary N) is 3. The standard InChI is InChI=1S/C21H27N7O6/c1-19(2)6-7-34-13-9(4-3-5-10(13)19)15(29)24-11-8-28-18(23)25-12(16(30)31)14-20(28,21(11,32)33)27-17(22)26-14/h3-5,11-12,14,32-33H,6-8H2,1-2H3,(H2,23,25)(H,24,29)(H,30,31)(H3,22,26,27)/p+1/t11-,12+,14-,20-/m0/s1. The quantitative estimate of drug-likeness (QED) is 0.197. The zero-order valence-corrected chi connectivity index (χ0v) is 18.7. The Bertz CT molecular complexity index is 1150. The van der Waals surface area contributed by atoms with Crippen LogP contribution in [0.3, 0.4) is 0 Å². The van der Waals surface area contributed by atoms with Crippen molar-refractivity contribution in [1.29, 1.82) is 0 Å². The lowest BCUT2D eigenvalue weighted by molar-refractivity contribution is -0.519. The molecule has 4 atom stereocenters. The van der Waals surface area contributed by atoms with E-state index < -0.39 is 41.5 Å². The summed E-state index contributed by atoms with van der Waals surface area (Å²) < 4.78 is 5.82. The number of amides is 1. The molecule has 0 aliphatic carbocycles. The highest BCUT2D eigenvalue weighted by Gasteiger charge is 2.77. The van der Waals surface area contributed by atoms with Crippen molar-refractivity contribution in [2.75, 3.05) is 13.2 Å². The maximum atomic E-state index is 13.3. The average molecular weight is 474 g/mol. The van der Waals surface area contributed by atoms with Crippen LogP contribution in [0.15, 0.2) is 23.2 Å². The molecule has 0 saturated carbocycles. The summed E-state index contributed by atoms with van der Waals surface area (Å²) in [6.07, 6.45) is 0.795. The topological polar surface area (TPSA) is 210 Å². The van der Waals surface area contributed by atoms with Gasteiger partial charge >= 0.3 is 11.9 Å². The highest BCUT2D eigenvalue weighted by Crippen LogP contribution is 2.43. The SMILES string of the molecule is CC1(C)CCOc2c(C(=O)N[C@H]3CN4C(N)=N[C@@H](C(=O)O)[C@@H]5[NH+]=C(N)N[C@@]54C3(O)O)cccc21. The molecule has 1 fully saturated rings. The number of guanidine groups is 2. The number of carboxylic acids is 1. The molecule has 1 amide bonds. The molecule has 4 aliphatic rings. The third-order valence-electron chi connectivity index (χ3n) is 7.31. The van der Waals surface area contributed by atoms with E-state index in [9.17, 15) is 24.9 Å². The van der Waals surface area contributed by atoms with Crippen LogP contribution < -0.4 is 31.8 Å². The van der Waals surface area contributed by atoms with E-state index in [2.05, 4.69) is 34.5 Å². The Kier molecular flexibility index (Phi) is 4.55. The first-order valence-electron chi connectivity index (χ1n) is 10.9. The molecule has 1 spiro atoms. The first kappa shape index (κ1) is 22.2. The summed E-state index contributed by atoms with van der Waals surface area (Å²) in [7, 11) is 0. The Hall–Kier alpha value is -3.58. The molecule has 0 radical (unpaired) electrons. The Morgan fingerprint density at radius 3 is 2.76 bits per heavy atom. The maximum Gasteiger partial charge on any atom is 0.343 e. The number of carbonyl (C=O) groups excluding carboxylic acids is 1. The lowest BCUT2D eigenvalue weighted by atomic mass is 9.79. The molecule has 1 aromatic carbocycles. The number of carbonyl (C=O) groups is 2. The molecule has 0 bridgehead atoms. The van der Waals surface area contributed by atoms with Gasteiger partial charge in [0, 0.05) is 5.56 Å². The van der Waals surface area contributed by atoms with E-state index in [4.69, 9.17) is 16.2 Å². The largest absolute Gasteiger partial charge is 0.492 e. The van der Waals surface area contributed by atoms with Gasteiger partial charge in [0.2, 0.25) is 5.79 Å². The van der Waals surface area contributed by atoms with E-state index in [1.165, 1.54) is 4.90 Å². The molecule has 4 aliphatic heterocycles. The Morgan fingerprint density at radius 1 is 1.32 bits per heavy atom. The second-order valence-electron chi connectivity index (χ2n) is 9.72. The van der Waals surface area contributed by atoms with Gasteiger partial charge in [0.15, 0.2) is 18.0 Å². The smallest absolute Gasteiger partial charge is 0.343 e. The lowest BCUT2D eigenvalue weighted by Crippen LogP contribution is -2.90. The molecular weight excluding hydrogens is 446 g/mol. The molecule has 1 saturated heterocycles. The zero-order valence-electron chi connectivity index (χ0n) is 18.7. The number of ether oxygens (including phenoxy) is 1. The van der Waals surface area contributed by atoms with Crippen molar-refractivity contribution in [1.82, 2.24) is 15.5 Å². The Morgan fingerprint density at radius 2 is 2.06 bits per heavy atom. The number of benzene rings is 1. The van der Waals surface area contributed by atoms with E-state index in [-0.39, 0.29) is 29.4 Å². The van der Waals surface area contributed by atoms with Gasteiger partial charge in [-0.15, -0.1) is 0 Å². The number of carboxylic acid groups (broad SMARTS) is 1. The average Bonchev–Trinajstić information content (AvgIpc) is 3.22. The van der Waals surface area contributed by atoms with Crippen LogP contribution in [0.5, 0.6) is 5.75 Å². The van der Waals surface area contributed by atoms with Crippen molar-refractivity contribution in [3.63, 3.8) is 0 Å². The van der Waals surface area contributed by atoms with Crippen LogP contribution in [0.4, 0.5) is 0 Å². The fourth-order valence-electron chi connectivity index (χ4n) is 5.46. The molecule has 0 aromatic heterocycles. The fourth-order valence-corrected chi connectivity index (χ4v) is 5.46. The molecule has 34 heavy (non-hydrogen) atoms. The summed E-state index contributed by atoms with van der Waals surface area (Å²) in [5.41, 5.74) is 11.0. The highest BCUT2D eigenvalue weighted by atomic mass is 16.5. The third-order valence-corrected chi connectivity index (χ3v) is 7.31. The summed E-state index contributed by atoms with van der Waals surface area (Å²) in [4.78, 5) is 33.2. The van der Waals surface area contributed by atoms with Crippen LogP contribution >= 0.6 is 0 Å². The first-order valence-corrected chi connectivity index (χ1v) is 10.9. The second kappa shape index (κ2) is 6.96. The number of nitrogens with two attached hydrogens (primary N) is 2. The van der Waals surface area contributed by atoms with E-state index >= 15 is 0 Å². The summed E-state index contributed by atoms with van der Waals surface area (Å²) >= 11 is 0. The van der Waals surface area contributed by atoms with E-state index in [0.29, 0.717) is 12.4 Å². The lowest BCUT2D eigenvalue weighted by Gasteiger charge is -2.45. The summed E-state index contributed by atoms with van der Waals surface area (Å²) in [5, 5.41) is 37.8. The van der Waals surface area contributed by atoms with Crippen molar-refractivity contribution in [2.24, 2.45) is 16.5 Å². The number of aliphatic hydroxyl groups is 2. The predicted molar refractivity (Wildman–Crippen MR) is 118 cm³/mol. The molecule has 13 heteroatoms. The van der Waals surface area contributed by atoms with Gasteiger partial charge in [-0.05, 0) is 17.9 Å². The van der Waals surface area contributed by atoms with Crippen LogP contribution in [0.1, 0.15) is 36.2 Å². The minimum atomic E-state index is -2.69. The summed E-state index contributed by atoms with van der Waals surface area (Å²) in [6, 6.07) is 1.35. The molecule has 10 N–H and O–H groups in total. The maximum absolute atomic E-state index is 13.3. The van der Waals surface area contributed by atoms with Gasteiger partial charge in [-0.25, -0.2) is 15.1 Å². The molecule has 1 aromatic rings. The highest BCUT2D eigenvalue weighted by molar-refractivity contribution is 5.98. The third kappa shape index (κ3) is 2.80. The monoisotopic (exact) mass is 474 g/mol. The number of nitrogens with zero attached hydrogens (tertiary/aromatic N) is 2. The van der Waals surface area contributed by atoms with Gasteiger partial charge in [0.1, 0.15) is 11.8 Å². The minimum Gasteiger partial charge on any atom is -0.492 e. The molecular formula is C21H28N7O6+. The van der Waals surface area contributed by atoms with Crippen LogP contribution in [-0.4, -0.2) is 86.7 Å². The van der Waals surface area contributed by atoms with E-state index in [0.717, 1.165) is 12.0 Å². The molecule has 5 rings (SSSR count). The van der Waals surface area contributed by atoms with Gasteiger partial charge < -0.3 is 31.1 Å². The van der Waals surface area contributed by atoms with Gasteiger partial charge in [-0.2, -0.15) is 0 Å². The number of fused-ring (bicyclic) bond motifs is 1. The van der Waals surface area contributed by atoms with Gasteiger partial charge in [-0.1, -0.05) is 26.0 Å². The summed E-state index contributed by atoms with van der Waals surface area (Å²) in [6.45, 7) is 4.42. The number of aliphatic imine (C=N–C) groups is 1. The minimum absolute atomic E-state index is 0.0710. The number of rotatable bonds is 3. The van der Waals surface area contributed by atoms with Crippen LogP contribution in [-0.2, 0) is 10.2 Å². The molecule has 13 nitrogen and oxygen atoms in total. The van der Waals surface area contributed by atoms with Gasteiger partial charge in [0.05, 0.1) is 18.7 Å². The van der Waals surface area contributed by atoms with Crippen LogP contribution in [0.25, 0.3) is 0 Å². The number of aliphatic carboxylic acids is 1. The van der Waals surface area contributed by atoms with Crippen molar-refractivity contribution >= 4 is 23.8 Å². The summed E-state index contributed by atoms with van der Waals surface area (Å²) in [5.74, 6) is -4.43. The van der Waals surface area contributed by atoms with Crippen molar-refractivity contribution in [3.8, 4) is 5.75 Å². The Labute approximate surface area is 194 Å². The van der Waals surface area contributed by atoms with E-state index in [1.54, 1.807) is 12.1 Å². The van der Waals surface area contributed by atoms with E-state index in [1.807, 2.05) is 6.07 Å². The van der Waals surface area contributed by atoms with Crippen LogP contribution in [0.2, 0.25) is 0 Å². The fraction of sp³-hybridized carbons (Fsp3) is 0.524. The normalized spacial score (nSPS) is 32.2. The molecule has 4 heterocycles. The Balaban J connectivity index is 1.50. The van der Waals surface area contributed by atoms with Gasteiger partial charge in [0.25, 0.3) is 11.6 Å². The zero-order chi connectivity index (χ0) is 24.6. The number of para-hydroxylation sites is 1. The van der Waals surface area contributed by atoms with Crippen molar-refractivity contribution in [3.05, 3.63) is 29.3 Å². The van der Waals surface area contributed by atoms with Crippen molar-refractivity contribution < 1.29 is 34.6 Å². The number of hydrogen-bond donors (Lipinski definition) is 8. The predicted octanol–water partition coefficient (Wildman–Crippen LogP) is -4.31. The molecule has 0 unspecified atom stereocenters. The van der Waals surface area contributed by atoms with Crippen LogP contribution in [0, 0.1) is 0 Å².